The molecule has 1 aromatic heterocycles. The predicted octanol–water partition coefficient (Wildman–Crippen LogP) is 2.07. The fourth-order valence-corrected chi connectivity index (χ4v) is 3.10. The molecule has 1 aromatic carbocycles. The van der Waals surface area contributed by atoms with Gasteiger partial charge in [0.25, 0.3) is 0 Å². The van der Waals surface area contributed by atoms with Crippen molar-refractivity contribution in [3.63, 3.8) is 0 Å². The van der Waals surface area contributed by atoms with Gasteiger partial charge in [0, 0.05) is 27.2 Å². The van der Waals surface area contributed by atoms with Crippen LogP contribution in [0.5, 0.6) is 0 Å². The lowest BCUT2D eigenvalue weighted by Crippen LogP contribution is -2.40. The van der Waals surface area contributed by atoms with Gasteiger partial charge in [-0.1, -0.05) is 30.3 Å². The fourth-order valence-electron chi connectivity index (χ4n) is 3.10. The van der Waals surface area contributed by atoms with Gasteiger partial charge in [0.1, 0.15) is 6.33 Å². The summed E-state index contributed by atoms with van der Waals surface area (Å²) in [6.45, 7) is 2.74. The van der Waals surface area contributed by atoms with Crippen molar-refractivity contribution in [2.24, 2.45) is 18.0 Å². The number of hydrogen-bond donors (Lipinski definition) is 1. The molecule has 3 rings (SSSR count). The average molecular weight is 440 g/mol. The molecule has 130 valence electrons. The molecular weight excluding hydrogens is 415 g/mol. The highest BCUT2D eigenvalue weighted by atomic mass is 127. The van der Waals surface area contributed by atoms with Crippen LogP contribution in [0.2, 0.25) is 0 Å². The summed E-state index contributed by atoms with van der Waals surface area (Å²) in [5.74, 6) is 2.54. The Morgan fingerprint density at radius 3 is 2.79 bits per heavy atom. The third-order valence-electron chi connectivity index (χ3n) is 4.37. The van der Waals surface area contributed by atoms with Gasteiger partial charge in [-0.15, -0.1) is 34.2 Å². The molecule has 1 atom stereocenters. The number of hydrogen-bond acceptors (Lipinski definition) is 3. The number of aryl methyl sites for hydroxylation is 1. The topological polar surface area (TPSA) is 58.3 Å². The monoisotopic (exact) mass is 440 g/mol. The Bertz CT molecular complexity index is 654. The zero-order chi connectivity index (χ0) is 16.1. The number of guanidine groups is 1. The standard InChI is InChI=1S/C17H24N6.HI/c1-18-17(19-11-16-21-20-13-22(16)2)23-9-8-15(12-23)10-14-6-4-3-5-7-14;/h3-7,13,15H,8-12H2,1-2H3,(H,18,19);1H. The van der Waals surface area contributed by atoms with Gasteiger partial charge >= 0.3 is 0 Å². The van der Waals surface area contributed by atoms with Gasteiger partial charge in [0.15, 0.2) is 11.8 Å². The van der Waals surface area contributed by atoms with E-state index in [0.29, 0.717) is 12.5 Å². The molecule has 2 aromatic rings. The van der Waals surface area contributed by atoms with Gasteiger partial charge in [-0.25, -0.2) is 0 Å². The second-order valence-corrected chi connectivity index (χ2v) is 6.05. The van der Waals surface area contributed by atoms with Crippen molar-refractivity contribution in [2.45, 2.75) is 19.4 Å². The van der Waals surface area contributed by atoms with E-state index in [1.165, 1.54) is 12.0 Å². The van der Waals surface area contributed by atoms with Crippen LogP contribution < -0.4 is 5.32 Å². The van der Waals surface area contributed by atoms with Gasteiger partial charge in [-0.05, 0) is 24.3 Å². The summed E-state index contributed by atoms with van der Waals surface area (Å²) in [6.07, 6.45) is 4.06. The summed E-state index contributed by atoms with van der Waals surface area (Å²) in [5, 5.41) is 11.4. The van der Waals surface area contributed by atoms with E-state index in [9.17, 15) is 0 Å². The zero-order valence-electron chi connectivity index (χ0n) is 14.2. The number of benzene rings is 1. The number of aliphatic imine (C=N–C) groups is 1. The minimum Gasteiger partial charge on any atom is -0.349 e. The second-order valence-electron chi connectivity index (χ2n) is 6.05. The Hall–Kier alpha value is -1.64. The van der Waals surface area contributed by atoms with Crippen molar-refractivity contribution in [3.8, 4) is 0 Å². The number of rotatable bonds is 4. The molecule has 1 unspecified atom stereocenters. The number of likely N-dealkylation sites (tertiary alicyclic amines) is 1. The predicted molar refractivity (Wildman–Crippen MR) is 106 cm³/mol. The maximum Gasteiger partial charge on any atom is 0.194 e. The number of nitrogens with zero attached hydrogens (tertiary/aromatic N) is 5. The maximum absolute atomic E-state index is 4.41. The lowest BCUT2D eigenvalue weighted by molar-refractivity contribution is 0.458. The van der Waals surface area contributed by atoms with Gasteiger partial charge in [0.2, 0.25) is 0 Å². The molecule has 0 spiro atoms. The Morgan fingerprint density at radius 1 is 1.33 bits per heavy atom. The molecule has 1 fully saturated rings. The molecule has 0 bridgehead atoms. The highest BCUT2D eigenvalue weighted by Gasteiger charge is 2.25. The molecule has 0 radical (unpaired) electrons. The maximum atomic E-state index is 4.41. The molecule has 0 aliphatic carbocycles. The Labute approximate surface area is 160 Å². The molecule has 1 aliphatic heterocycles. The van der Waals surface area contributed by atoms with E-state index in [4.69, 9.17) is 0 Å². The summed E-state index contributed by atoms with van der Waals surface area (Å²) in [6, 6.07) is 10.7. The van der Waals surface area contributed by atoms with E-state index in [2.05, 4.69) is 55.7 Å². The smallest absolute Gasteiger partial charge is 0.194 e. The largest absolute Gasteiger partial charge is 0.349 e. The first-order valence-corrected chi connectivity index (χ1v) is 8.08. The van der Waals surface area contributed by atoms with E-state index < -0.39 is 0 Å². The lowest BCUT2D eigenvalue weighted by Gasteiger charge is -2.21. The first kappa shape index (κ1) is 18.7. The van der Waals surface area contributed by atoms with Crippen LogP contribution in [0.1, 0.15) is 17.8 Å². The minimum atomic E-state index is 0. The van der Waals surface area contributed by atoms with E-state index in [1.54, 1.807) is 6.33 Å². The molecule has 1 saturated heterocycles. The van der Waals surface area contributed by atoms with Crippen molar-refractivity contribution in [2.75, 3.05) is 20.1 Å². The third kappa shape index (κ3) is 4.68. The molecular formula is C17H25IN6. The van der Waals surface area contributed by atoms with Gasteiger partial charge in [0.05, 0.1) is 6.54 Å². The molecule has 0 amide bonds. The molecule has 6 nitrogen and oxygen atoms in total. The van der Waals surface area contributed by atoms with Crippen LogP contribution >= 0.6 is 24.0 Å². The van der Waals surface area contributed by atoms with Crippen LogP contribution in [0.25, 0.3) is 0 Å². The van der Waals surface area contributed by atoms with Crippen molar-refractivity contribution >= 4 is 29.9 Å². The first-order chi connectivity index (χ1) is 11.3. The van der Waals surface area contributed by atoms with Gasteiger partial charge in [-0.2, -0.15) is 0 Å². The fraction of sp³-hybridized carbons (Fsp3) is 0.471. The lowest BCUT2D eigenvalue weighted by atomic mass is 9.99. The van der Waals surface area contributed by atoms with E-state index in [1.807, 2.05) is 18.7 Å². The first-order valence-electron chi connectivity index (χ1n) is 8.08. The Balaban J connectivity index is 0.00000208. The van der Waals surface area contributed by atoms with Crippen molar-refractivity contribution < 1.29 is 0 Å². The summed E-state index contributed by atoms with van der Waals surface area (Å²) >= 11 is 0. The highest BCUT2D eigenvalue weighted by molar-refractivity contribution is 14.0. The molecule has 24 heavy (non-hydrogen) atoms. The summed E-state index contributed by atoms with van der Waals surface area (Å²) in [7, 11) is 3.79. The second kappa shape index (κ2) is 9.00. The van der Waals surface area contributed by atoms with E-state index in [0.717, 1.165) is 31.3 Å². The number of nitrogens with one attached hydrogen (secondary N) is 1. The van der Waals surface area contributed by atoms with Crippen molar-refractivity contribution in [1.29, 1.82) is 0 Å². The SMILES string of the molecule is CN=C(NCc1nncn1C)N1CCC(Cc2ccccc2)C1.I. The van der Waals surface area contributed by atoms with Crippen LogP contribution in [-0.2, 0) is 20.0 Å². The van der Waals surface area contributed by atoms with Gasteiger partial charge in [-0.3, -0.25) is 4.99 Å². The summed E-state index contributed by atoms with van der Waals surface area (Å²) in [4.78, 5) is 6.75. The van der Waals surface area contributed by atoms with Crippen LogP contribution in [-0.4, -0.2) is 45.8 Å². The molecule has 7 heteroatoms. The normalized spacial score (nSPS) is 17.7. The quantitative estimate of drug-likeness (QED) is 0.450. The van der Waals surface area contributed by atoms with Crippen LogP contribution in [0.3, 0.4) is 0 Å². The minimum absolute atomic E-state index is 0. The van der Waals surface area contributed by atoms with Crippen LogP contribution in [0.4, 0.5) is 0 Å². The third-order valence-corrected chi connectivity index (χ3v) is 4.37. The van der Waals surface area contributed by atoms with Gasteiger partial charge < -0.3 is 14.8 Å². The Kier molecular flexibility index (Phi) is 7.01. The molecule has 2 heterocycles. The number of aromatic nitrogens is 3. The zero-order valence-corrected chi connectivity index (χ0v) is 16.6. The Morgan fingerprint density at radius 2 is 2.12 bits per heavy atom. The summed E-state index contributed by atoms with van der Waals surface area (Å²) in [5.41, 5.74) is 1.42. The molecule has 0 saturated carbocycles. The average Bonchev–Trinajstić information content (AvgIpc) is 3.19. The van der Waals surface area contributed by atoms with Crippen LogP contribution in [0.15, 0.2) is 41.7 Å². The molecule has 1 N–H and O–H groups in total. The van der Waals surface area contributed by atoms with E-state index in [-0.39, 0.29) is 24.0 Å². The molecule has 1 aliphatic rings. The summed E-state index contributed by atoms with van der Waals surface area (Å²) < 4.78 is 1.92. The highest BCUT2D eigenvalue weighted by Crippen LogP contribution is 2.20. The number of halogens is 1. The van der Waals surface area contributed by atoms with E-state index >= 15 is 0 Å². The van der Waals surface area contributed by atoms with Crippen molar-refractivity contribution in [3.05, 3.63) is 48.0 Å². The van der Waals surface area contributed by atoms with Crippen LogP contribution in [0, 0.1) is 5.92 Å². The van der Waals surface area contributed by atoms with Crippen molar-refractivity contribution in [1.82, 2.24) is 25.0 Å².